The van der Waals surface area contributed by atoms with Crippen LogP contribution in [-0.2, 0) is 14.4 Å². The van der Waals surface area contributed by atoms with Gasteiger partial charge in [-0.3, -0.25) is 19.4 Å². The number of aryl methyl sites for hydroxylation is 1. The van der Waals surface area contributed by atoms with Crippen molar-refractivity contribution in [3.8, 4) is 0 Å². The van der Waals surface area contributed by atoms with Gasteiger partial charge in [0.2, 0.25) is 11.8 Å². The Balaban J connectivity index is 1.55. The van der Waals surface area contributed by atoms with Crippen molar-refractivity contribution in [3.63, 3.8) is 0 Å². The van der Waals surface area contributed by atoms with Gasteiger partial charge >= 0.3 is 0 Å². The molecule has 0 bridgehead atoms. The van der Waals surface area contributed by atoms with Crippen LogP contribution in [0.4, 0.5) is 11.5 Å². The first-order chi connectivity index (χ1) is 13.9. The summed E-state index contributed by atoms with van der Waals surface area (Å²) in [4.78, 5) is 40.4. The number of pyridine rings is 1. The van der Waals surface area contributed by atoms with Gasteiger partial charge < -0.3 is 16.4 Å². The van der Waals surface area contributed by atoms with Gasteiger partial charge in [-0.05, 0) is 31.2 Å². The van der Waals surface area contributed by atoms with Gasteiger partial charge in [-0.1, -0.05) is 24.3 Å². The molecular formula is C20H22N6O3. The maximum atomic E-state index is 12.4. The summed E-state index contributed by atoms with van der Waals surface area (Å²) < 4.78 is 0. The van der Waals surface area contributed by atoms with Gasteiger partial charge in [0.25, 0.3) is 5.91 Å². The van der Waals surface area contributed by atoms with Crippen LogP contribution < -0.4 is 21.4 Å². The molecule has 1 aliphatic rings. The fourth-order valence-corrected chi connectivity index (χ4v) is 2.90. The summed E-state index contributed by atoms with van der Waals surface area (Å²) in [6.45, 7) is 1.96. The van der Waals surface area contributed by atoms with Crippen LogP contribution in [0.2, 0.25) is 0 Å². The van der Waals surface area contributed by atoms with E-state index in [1.165, 1.54) is 5.01 Å². The molecule has 9 heteroatoms. The standard InChI is InChI=1S/C20H22N6O3/c1-13-6-5-9-17(23-13)24-18(27)10-11-22-20(29)15-12-16(19(21)28)26(25-15)14-7-3-2-4-8-14/h2-9,16H,10-12H2,1H3,(H2,21,28)(H,22,29)(H,23,24,27). The molecule has 2 heterocycles. The van der Waals surface area contributed by atoms with E-state index >= 15 is 0 Å². The maximum absolute atomic E-state index is 12.4. The molecule has 3 rings (SSSR count). The van der Waals surface area contributed by atoms with Crippen molar-refractivity contribution in [2.75, 3.05) is 16.9 Å². The van der Waals surface area contributed by atoms with Gasteiger partial charge in [0, 0.05) is 25.1 Å². The molecule has 3 amide bonds. The predicted molar refractivity (Wildman–Crippen MR) is 109 cm³/mol. The highest BCUT2D eigenvalue weighted by Crippen LogP contribution is 2.24. The number of hydrogen-bond acceptors (Lipinski definition) is 6. The molecule has 1 atom stereocenters. The molecule has 0 fully saturated rings. The summed E-state index contributed by atoms with van der Waals surface area (Å²) >= 11 is 0. The summed E-state index contributed by atoms with van der Waals surface area (Å²) in [6.07, 6.45) is 0.186. The predicted octanol–water partition coefficient (Wildman–Crippen LogP) is 0.955. The number of aromatic nitrogens is 1. The Morgan fingerprint density at radius 3 is 2.59 bits per heavy atom. The minimum atomic E-state index is -0.728. The minimum absolute atomic E-state index is 0.0797. The number of nitrogens with one attached hydrogen (secondary N) is 2. The summed E-state index contributed by atoms with van der Waals surface area (Å²) in [6, 6.07) is 13.6. The molecular weight excluding hydrogens is 372 g/mol. The zero-order chi connectivity index (χ0) is 20.8. The fourth-order valence-electron chi connectivity index (χ4n) is 2.90. The smallest absolute Gasteiger partial charge is 0.267 e. The molecule has 2 aromatic rings. The lowest BCUT2D eigenvalue weighted by molar-refractivity contribution is -0.119. The Labute approximate surface area is 168 Å². The van der Waals surface area contributed by atoms with Crippen molar-refractivity contribution in [3.05, 3.63) is 54.2 Å². The molecule has 1 unspecified atom stereocenters. The molecule has 1 aromatic carbocycles. The molecule has 1 aliphatic heterocycles. The van der Waals surface area contributed by atoms with E-state index in [0.717, 1.165) is 5.69 Å². The van der Waals surface area contributed by atoms with Crippen molar-refractivity contribution >= 4 is 34.9 Å². The highest BCUT2D eigenvalue weighted by atomic mass is 16.2. The van der Waals surface area contributed by atoms with Crippen LogP contribution in [-0.4, -0.2) is 41.0 Å². The van der Waals surface area contributed by atoms with Gasteiger partial charge in [0.05, 0.1) is 5.69 Å². The van der Waals surface area contributed by atoms with E-state index in [9.17, 15) is 14.4 Å². The molecule has 0 aliphatic carbocycles. The van der Waals surface area contributed by atoms with E-state index in [1.807, 2.05) is 31.2 Å². The highest BCUT2D eigenvalue weighted by Gasteiger charge is 2.34. The molecule has 0 saturated heterocycles. The van der Waals surface area contributed by atoms with Crippen LogP contribution >= 0.6 is 0 Å². The van der Waals surface area contributed by atoms with Gasteiger partial charge in [-0.2, -0.15) is 5.10 Å². The first kappa shape index (κ1) is 20.0. The monoisotopic (exact) mass is 394 g/mol. The maximum Gasteiger partial charge on any atom is 0.267 e. The second-order valence-corrected chi connectivity index (χ2v) is 6.57. The number of anilines is 2. The summed E-state index contributed by atoms with van der Waals surface area (Å²) in [5.74, 6) is -0.802. The van der Waals surface area contributed by atoms with Crippen molar-refractivity contribution in [1.29, 1.82) is 0 Å². The number of hydrazone groups is 1. The molecule has 150 valence electrons. The van der Waals surface area contributed by atoms with Crippen molar-refractivity contribution in [1.82, 2.24) is 10.3 Å². The SMILES string of the molecule is Cc1cccc(NC(=O)CCNC(=O)C2=NN(c3ccccc3)C(C(N)=O)C2)n1. The number of hydrogen-bond donors (Lipinski definition) is 3. The van der Waals surface area contributed by atoms with E-state index in [2.05, 4.69) is 20.7 Å². The van der Waals surface area contributed by atoms with E-state index in [0.29, 0.717) is 11.5 Å². The normalized spacial score (nSPS) is 15.6. The van der Waals surface area contributed by atoms with Crippen LogP contribution in [0.25, 0.3) is 0 Å². The summed E-state index contributed by atoms with van der Waals surface area (Å²) in [5.41, 5.74) is 7.12. The minimum Gasteiger partial charge on any atom is -0.368 e. The third kappa shape index (κ3) is 5.16. The lowest BCUT2D eigenvalue weighted by atomic mass is 10.1. The molecule has 0 radical (unpaired) electrons. The number of carbonyl (C=O) groups excluding carboxylic acids is 3. The average Bonchev–Trinajstić information content (AvgIpc) is 3.14. The second kappa shape index (κ2) is 8.96. The number of rotatable bonds is 7. The molecule has 1 aromatic heterocycles. The Morgan fingerprint density at radius 1 is 1.14 bits per heavy atom. The van der Waals surface area contributed by atoms with Crippen molar-refractivity contribution in [2.45, 2.75) is 25.8 Å². The first-order valence-corrected chi connectivity index (χ1v) is 9.17. The Bertz CT molecular complexity index is 944. The zero-order valence-corrected chi connectivity index (χ0v) is 16.0. The van der Waals surface area contributed by atoms with Crippen LogP contribution in [0.5, 0.6) is 0 Å². The van der Waals surface area contributed by atoms with E-state index in [4.69, 9.17) is 5.73 Å². The Hall–Kier alpha value is -3.75. The van der Waals surface area contributed by atoms with Crippen molar-refractivity contribution in [2.24, 2.45) is 10.8 Å². The fraction of sp³-hybridized carbons (Fsp3) is 0.250. The number of benzene rings is 1. The number of primary amides is 1. The Morgan fingerprint density at radius 2 is 1.90 bits per heavy atom. The van der Waals surface area contributed by atoms with Gasteiger partial charge in [-0.25, -0.2) is 4.98 Å². The zero-order valence-electron chi connectivity index (χ0n) is 16.0. The van der Waals surface area contributed by atoms with E-state index < -0.39 is 17.9 Å². The number of nitrogens with two attached hydrogens (primary N) is 1. The Kier molecular flexibility index (Phi) is 6.18. The third-order valence-corrected chi connectivity index (χ3v) is 4.32. The van der Waals surface area contributed by atoms with Gasteiger partial charge in [0.15, 0.2) is 0 Å². The van der Waals surface area contributed by atoms with Crippen LogP contribution in [0.1, 0.15) is 18.5 Å². The first-order valence-electron chi connectivity index (χ1n) is 9.17. The molecule has 0 spiro atoms. The number of nitrogens with zero attached hydrogens (tertiary/aromatic N) is 3. The lowest BCUT2D eigenvalue weighted by Gasteiger charge is -2.20. The number of para-hydroxylation sites is 1. The molecule has 0 saturated carbocycles. The van der Waals surface area contributed by atoms with Gasteiger partial charge in [-0.15, -0.1) is 0 Å². The summed E-state index contributed by atoms with van der Waals surface area (Å²) in [5, 5.41) is 11.0. The largest absolute Gasteiger partial charge is 0.368 e. The molecule has 9 nitrogen and oxygen atoms in total. The van der Waals surface area contributed by atoms with Crippen LogP contribution in [0, 0.1) is 6.92 Å². The molecule has 4 N–H and O–H groups in total. The van der Waals surface area contributed by atoms with E-state index in [1.54, 1.807) is 24.3 Å². The topological polar surface area (TPSA) is 130 Å². The third-order valence-electron chi connectivity index (χ3n) is 4.32. The van der Waals surface area contributed by atoms with Crippen LogP contribution in [0.3, 0.4) is 0 Å². The number of carbonyl (C=O) groups is 3. The lowest BCUT2D eigenvalue weighted by Crippen LogP contribution is -2.40. The van der Waals surface area contributed by atoms with Crippen molar-refractivity contribution < 1.29 is 14.4 Å². The van der Waals surface area contributed by atoms with E-state index in [-0.39, 0.29) is 31.0 Å². The highest BCUT2D eigenvalue weighted by molar-refractivity contribution is 6.40. The molecule has 29 heavy (non-hydrogen) atoms. The summed E-state index contributed by atoms with van der Waals surface area (Å²) in [7, 11) is 0. The van der Waals surface area contributed by atoms with Crippen LogP contribution in [0.15, 0.2) is 53.6 Å². The average molecular weight is 394 g/mol. The van der Waals surface area contributed by atoms with Gasteiger partial charge in [0.1, 0.15) is 17.6 Å². The quantitative estimate of drug-likeness (QED) is 0.644. The number of amides is 3. The second-order valence-electron chi connectivity index (χ2n) is 6.57.